The van der Waals surface area contributed by atoms with Gasteiger partial charge in [0, 0.05) is 34.5 Å². The van der Waals surface area contributed by atoms with Crippen molar-refractivity contribution in [3.05, 3.63) is 58.6 Å². The molecule has 2 aromatic carbocycles. The number of aliphatic carboxylic acids is 1. The maximum Gasteiger partial charge on any atom is 0.335 e. The number of nitrogens with two attached hydrogens (primary N) is 4. The van der Waals surface area contributed by atoms with Crippen molar-refractivity contribution in [1.82, 2.24) is 0 Å². The summed E-state index contributed by atoms with van der Waals surface area (Å²) in [6.07, 6.45) is -4.15. The van der Waals surface area contributed by atoms with Crippen LogP contribution in [0.15, 0.2) is 68.5 Å². The van der Waals surface area contributed by atoms with Gasteiger partial charge in [-0.25, -0.2) is 4.79 Å². The lowest BCUT2D eigenvalue weighted by Gasteiger charge is -2.23. The van der Waals surface area contributed by atoms with Gasteiger partial charge in [-0.2, -0.15) is 9.98 Å². The van der Waals surface area contributed by atoms with Crippen LogP contribution in [0.1, 0.15) is 25.7 Å². The van der Waals surface area contributed by atoms with Crippen molar-refractivity contribution in [2.24, 2.45) is 42.9 Å². The molecule has 47 heavy (non-hydrogen) atoms. The van der Waals surface area contributed by atoms with E-state index in [4.69, 9.17) is 76.8 Å². The van der Waals surface area contributed by atoms with Crippen LogP contribution in [-0.4, -0.2) is 105 Å². The maximum atomic E-state index is 10.1. The zero-order valence-electron chi connectivity index (χ0n) is 25.3. The van der Waals surface area contributed by atoms with Crippen molar-refractivity contribution in [2.45, 2.75) is 50.1 Å². The summed E-state index contributed by atoms with van der Waals surface area (Å²) in [6.45, 7) is 0.281. The van der Waals surface area contributed by atoms with Crippen LogP contribution >= 0.6 is 23.2 Å². The number of aliphatic imine (C=N–C) groups is 4. The molecule has 0 saturated carbocycles. The molecule has 0 unspecified atom stereocenters. The summed E-state index contributed by atoms with van der Waals surface area (Å²) in [5, 5.41) is 58.9. The number of nitrogens with zero attached hydrogens (tertiary/aromatic N) is 4. The fourth-order valence-electron chi connectivity index (χ4n) is 3.37. The number of nitrogens with one attached hydrogen (secondary N) is 2. The van der Waals surface area contributed by atoms with Gasteiger partial charge in [0.05, 0.1) is 6.61 Å². The summed E-state index contributed by atoms with van der Waals surface area (Å²) in [7, 11) is 0. The molecule has 0 aromatic heterocycles. The topological polar surface area (TPSA) is 316 Å². The second-order valence-corrected chi connectivity index (χ2v) is 10.5. The minimum absolute atomic E-state index is 0.124. The highest BCUT2D eigenvalue weighted by Gasteiger charge is 2.33. The van der Waals surface area contributed by atoms with Crippen molar-refractivity contribution in [3.8, 4) is 0 Å². The number of carboxylic acid groups (broad SMARTS) is 1. The van der Waals surface area contributed by atoms with E-state index in [-0.39, 0.29) is 23.8 Å². The number of benzene rings is 2. The number of rotatable bonds is 14. The number of hydrogen-bond acceptors (Lipinski definition) is 8. The fraction of sp³-hybridized carbons (Fsp3) is 0.393. The lowest BCUT2D eigenvalue weighted by molar-refractivity contribution is -0.164. The van der Waals surface area contributed by atoms with Crippen LogP contribution in [0.4, 0.5) is 11.4 Å². The van der Waals surface area contributed by atoms with Crippen LogP contribution in [0.5, 0.6) is 0 Å². The number of carbonyl (C=O) groups is 1. The molecule has 0 saturated heterocycles. The van der Waals surface area contributed by atoms with E-state index >= 15 is 0 Å². The molecule has 0 radical (unpaired) electrons. The molecule has 0 bridgehead atoms. The van der Waals surface area contributed by atoms with Gasteiger partial charge in [0.25, 0.3) is 0 Å². The summed E-state index contributed by atoms with van der Waals surface area (Å²) < 4.78 is 0. The van der Waals surface area contributed by atoms with Crippen LogP contribution in [0.3, 0.4) is 0 Å². The van der Waals surface area contributed by atoms with Gasteiger partial charge in [0.2, 0.25) is 23.8 Å². The van der Waals surface area contributed by atoms with Crippen LogP contribution in [0, 0.1) is 0 Å². The van der Waals surface area contributed by atoms with Crippen molar-refractivity contribution in [3.63, 3.8) is 0 Å². The molecular weight excluding hydrogens is 659 g/mol. The molecule has 2 rings (SSSR count). The van der Waals surface area contributed by atoms with Gasteiger partial charge in [-0.15, -0.1) is 0 Å². The molecule has 0 aliphatic carbocycles. The second kappa shape index (κ2) is 22.3. The monoisotopic (exact) mass is 700 g/mol. The summed E-state index contributed by atoms with van der Waals surface area (Å²) in [5.41, 5.74) is 24.8. The van der Waals surface area contributed by atoms with E-state index in [1.807, 2.05) is 0 Å². The van der Waals surface area contributed by atoms with Gasteiger partial charge < -0.3 is 64.2 Å². The quantitative estimate of drug-likeness (QED) is 0.0693. The van der Waals surface area contributed by atoms with E-state index in [1.165, 1.54) is 0 Å². The number of guanidine groups is 4. The fourth-order valence-corrected chi connectivity index (χ4v) is 3.62. The Morgan fingerprint density at radius 2 is 1.06 bits per heavy atom. The van der Waals surface area contributed by atoms with Crippen molar-refractivity contribution in [1.29, 1.82) is 0 Å². The number of anilines is 2. The molecule has 0 aliphatic rings. The average Bonchev–Trinajstić information content (AvgIpc) is 3.03. The summed E-state index contributed by atoms with van der Waals surface area (Å²) >= 11 is 11.7. The predicted molar refractivity (Wildman–Crippen MR) is 184 cm³/mol. The lowest BCUT2D eigenvalue weighted by Crippen LogP contribution is -2.48. The number of aliphatic hydroxyl groups is 5. The smallest absolute Gasteiger partial charge is 0.335 e. The van der Waals surface area contributed by atoms with E-state index in [0.29, 0.717) is 23.1 Å². The van der Waals surface area contributed by atoms with Crippen LogP contribution in [0.2, 0.25) is 10.0 Å². The first-order valence-electron chi connectivity index (χ1n) is 14.1. The molecule has 0 spiro atoms. The summed E-state index contributed by atoms with van der Waals surface area (Å²) in [4.78, 5) is 26.6. The third kappa shape index (κ3) is 17.9. The molecule has 0 aliphatic heterocycles. The number of halogens is 2. The maximum absolute atomic E-state index is 10.1. The third-order valence-electron chi connectivity index (χ3n) is 5.82. The first-order chi connectivity index (χ1) is 22.2. The summed E-state index contributed by atoms with van der Waals surface area (Å²) in [5.74, 6) is -1.16. The molecule has 0 amide bonds. The predicted octanol–water partition coefficient (Wildman–Crippen LogP) is -0.156. The molecular formula is C28H42Cl2N10O7. The third-order valence-corrected chi connectivity index (χ3v) is 6.33. The van der Waals surface area contributed by atoms with E-state index in [0.717, 1.165) is 37.1 Å². The second-order valence-electron chi connectivity index (χ2n) is 9.67. The average molecular weight is 702 g/mol. The number of hydrogen-bond donors (Lipinski definition) is 12. The Labute approximate surface area is 281 Å². The van der Waals surface area contributed by atoms with E-state index in [9.17, 15) is 4.79 Å². The van der Waals surface area contributed by atoms with Crippen molar-refractivity contribution >= 4 is 64.4 Å². The molecule has 16 N–H and O–H groups in total. The number of unbranched alkanes of at least 4 members (excludes halogenated alkanes) is 3. The van der Waals surface area contributed by atoms with Gasteiger partial charge >= 0.3 is 5.97 Å². The Hall–Kier alpha value is -4.23. The first-order valence-corrected chi connectivity index (χ1v) is 14.9. The molecule has 0 fully saturated rings. The molecule has 17 nitrogen and oxygen atoms in total. The van der Waals surface area contributed by atoms with Crippen molar-refractivity contribution < 1.29 is 35.4 Å². The van der Waals surface area contributed by atoms with Crippen LogP contribution in [-0.2, 0) is 4.79 Å². The Balaban J connectivity index is 0.000000716. The van der Waals surface area contributed by atoms with Gasteiger partial charge in [-0.3, -0.25) is 9.98 Å². The van der Waals surface area contributed by atoms with Crippen LogP contribution in [0.25, 0.3) is 0 Å². The Kier molecular flexibility index (Phi) is 19.4. The molecule has 0 heterocycles. The lowest BCUT2D eigenvalue weighted by atomic mass is 10.0. The van der Waals surface area contributed by atoms with Gasteiger partial charge in [0.1, 0.15) is 18.3 Å². The zero-order valence-corrected chi connectivity index (χ0v) is 26.8. The highest BCUT2D eigenvalue weighted by molar-refractivity contribution is 6.31. The van der Waals surface area contributed by atoms with Gasteiger partial charge in [-0.05, 0) is 61.4 Å². The molecule has 19 heteroatoms. The molecule has 2 aromatic rings. The Bertz CT molecular complexity index is 1260. The first kappa shape index (κ1) is 40.8. The highest BCUT2D eigenvalue weighted by atomic mass is 35.5. The largest absolute Gasteiger partial charge is 0.479 e. The minimum Gasteiger partial charge on any atom is -0.479 e. The van der Waals surface area contributed by atoms with E-state index < -0.39 is 37.0 Å². The Morgan fingerprint density at radius 1 is 0.681 bits per heavy atom. The van der Waals surface area contributed by atoms with Gasteiger partial charge in [0.15, 0.2) is 6.10 Å². The standard InChI is InChI=1S/C22H30Cl2N10.C6H12O7/c23-15-5-9-17(10-6-15)31-21(27)33-19(25)29-13-3-1-2-4-14-30-20(26)34-22(28)32-18-11-7-16(24)8-12-18;7-1-2(8)3(9)4(10)5(11)6(12)13/h5-12H,1-4,13-14H2,(H5,25,27,29,31,33)(H5,26,28,30,32,34);2-5,7-11H,1H2,(H,12,13)/t;2-,3+,4+,5-/m.1/s1. The molecule has 4 atom stereocenters. The summed E-state index contributed by atoms with van der Waals surface area (Å²) in [6, 6.07) is 14.1. The van der Waals surface area contributed by atoms with E-state index in [2.05, 4.69) is 30.6 Å². The van der Waals surface area contributed by atoms with Crippen LogP contribution < -0.4 is 33.6 Å². The SMILES string of the molecule is NC(=NCCCCCCN=C(N)/N=C(\N)Nc1ccc(Cl)cc1)/N=C(\N)Nc1ccc(Cl)cc1.O=C(O)[C@H](O)[C@@H](O)[C@@H](O)[C@H](O)CO. The number of aliphatic hydroxyl groups excluding tert-OH is 5. The zero-order chi connectivity index (χ0) is 35.4. The van der Waals surface area contributed by atoms with E-state index in [1.54, 1.807) is 48.5 Å². The van der Waals surface area contributed by atoms with Crippen molar-refractivity contribution in [2.75, 3.05) is 30.3 Å². The number of carboxylic acids is 1. The van der Waals surface area contributed by atoms with Gasteiger partial charge in [-0.1, -0.05) is 36.0 Å². The Morgan fingerprint density at radius 3 is 1.40 bits per heavy atom. The highest BCUT2D eigenvalue weighted by Crippen LogP contribution is 2.14. The molecule has 260 valence electrons. The minimum atomic E-state index is -2.20. The normalized spacial score (nSPS) is 15.1.